The van der Waals surface area contributed by atoms with Crippen LogP contribution in [0.2, 0.25) is 0 Å². The van der Waals surface area contributed by atoms with Crippen molar-refractivity contribution in [3.63, 3.8) is 0 Å². The highest BCUT2D eigenvalue weighted by atomic mass is 32.1. The van der Waals surface area contributed by atoms with Crippen LogP contribution in [-0.2, 0) is 24.2 Å². The van der Waals surface area contributed by atoms with Crippen LogP contribution < -0.4 is 16.6 Å². The molecule has 0 bridgehead atoms. The molecule has 0 aliphatic heterocycles. The van der Waals surface area contributed by atoms with Crippen LogP contribution in [0.15, 0.2) is 17.1 Å². The van der Waals surface area contributed by atoms with Crippen molar-refractivity contribution in [3.05, 3.63) is 54.3 Å². The molecule has 1 atom stereocenters. The summed E-state index contributed by atoms with van der Waals surface area (Å²) in [4.78, 5) is 48.0. The highest BCUT2D eigenvalue weighted by molar-refractivity contribution is 7.17. The van der Waals surface area contributed by atoms with E-state index in [9.17, 15) is 24.5 Å². The first kappa shape index (κ1) is 19.7. The van der Waals surface area contributed by atoms with E-state index in [2.05, 4.69) is 12.2 Å². The number of carbonyl (C=O) groups excluding carboxylic acids is 2. The van der Waals surface area contributed by atoms with E-state index in [1.165, 1.54) is 18.3 Å². The maximum Gasteiger partial charge on any atom is 0.286 e. The highest BCUT2D eigenvalue weighted by Gasteiger charge is 2.27. The van der Waals surface area contributed by atoms with Gasteiger partial charge in [0.1, 0.15) is 11.5 Å². The van der Waals surface area contributed by atoms with Crippen LogP contribution >= 0.6 is 11.3 Å². The number of rotatable bonds is 5. The standard InChI is InChI=1S/C18H20N4O5S/c1-9-3-4-12-13(5-9)28-17(15(12)16(19)24)20-14(23)8-21-7-11(22(26)27)6-10(2)18(21)25/h6-7,9H,3-5,8H2,1-2H3,(H2,19,24)(H,20,23). The van der Waals surface area contributed by atoms with Crippen molar-refractivity contribution in [1.29, 1.82) is 0 Å². The number of amides is 2. The fraction of sp³-hybridized carbons (Fsp3) is 0.389. The van der Waals surface area contributed by atoms with Gasteiger partial charge in [-0.05, 0) is 37.7 Å². The summed E-state index contributed by atoms with van der Waals surface area (Å²) < 4.78 is 0.988. The Balaban J connectivity index is 1.88. The molecular formula is C18H20N4O5S. The zero-order chi connectivity index (χ0) is 20.6. The second-order valence-electron chi connectivity index (χ2n) is 7.04. The fourth-order valence-corrected chi connectivity index (χ4v) is 4.84. The molecule has 10 heteroatoms. The number of aryl methyl sites for hydroxylation is 1. The van der Waals surface area contributed by atoms with Gasteiger partial charge in [0.25, 0.3) is 17.2 Å². The normalized spacial score (nSPS) is 15.7. The minimum Gasteiger partial charge on any atom is -0.365 e. The van der Waals surface area contributed by atoms with E-state index >= 15 is 0 Å². The van der Waals surface area contributed by atoms with Gasteiger partial charge < -0.3 is 11.1 Å². The van der Waals surface area contributed by atoms with Gasteiger partial charge in [-0.1, -0.05) is 6.92 Å². The van der Waals surface area contributed by atoms with Crippen molar-refractivity contribution in [2.75, 3.05) is 5.32 Å². The molecule has 0 fully saturated rings. The van der Waals surface area contributed by atoms with Crippen LogP contribution in [-0.4, -0.2) is 21.3 Å². The van der Waals surface area contributed by atoms with Crippen LogP contribution in [0.4, 0.5) is 10.7 Å². The number of fused-ring (bicyclic) bond motifs is 1. The van der Waals surface area contributed by atoms with Crippen LogP contribution in [0, 0.1) is 23.0 Å². The van der Waals surface area contributed by atoms with Gasteiger partial charge >= 0.3 is 0 Å². The number of nitro groups is 1. The summed E-state index contributed by atoms with van der Waals surface area (Å²) in [5.74, 6) is -0.677. The summed E-state index contributed by atoms with van der Waals surface area (Å²) >= 11 is 1.32. The molecule has 1 aliphatic rings. The maximum absolute atomic E-state index is 12.5. The van der Waals surface area contributed by atoms with Crippen molar-refractivity contribution in [3.8, 4) is 0 Å². The van der Waals surface area contributed by atoms with E-state index < -0.39 is 28.8 Å². The average molecular weight is 404 g/mol. The third-order valence-corrected chi connectivity index (χ3v) is 5.96. The molecule has 1 unspecified atom stereocenters. The molecule has 2 aromatic rings. The summed E-state index contributed by atoms with van der Waals surface area (Å²) in [5.41, 5.74) is 6.14. The summed E-state index contributed by atoms with van der Waals surface area (Å²) in [6.07, 6.45) is 3.52. The SMILES string of the molecule is Cc1cc([N+](=O)[O-])cn(CC(=O)Nc2sc3c(c2C(N)=O)CCC(C)C3)c1=O. The zero-order valence-electron chi connectivity index (χ0n) is 15.5. The number of primary amides is 1. The topological polar surface area (TPSA) is 137 Å². The van der Waals surface area contributed by atoms with Gasteiger partial charge in [-0.2, -0.15) is 0 Å². The van der Waals surface area contributed by atoms with Gasteiger partial charge in [0, 0.05) is 16.5 Å². The summed E-state index contributed by atoms with van der Waals surface area (Å²) in [6, 6.07) is 1.16. The number of nitrogens with two attached hydrogens (primary N) is 1. The molecule has 0 saturated carbocycles. The molecule has 0 radical (unpaired) electrons. The molecule has 28 heavy (non-hydrogen) atoms. The van der Waals surface area contributed by atoms with Gasteiger partial charge in [0.2, 0.25) is 5.91 Å². The molecule has 1 aliphatic carbocycles. The molecule has 0 saturated heterocycles. The monoisotopic (exact) mass is 404 g/mol. The lowest BCUT2D eigenvalue weighted by atomic mass is 9.88. The van der Waals surface area contributed by atoms with Crippen molar-refractivity contribution >= 4 is 33.8 Å². The number of carbonyl (C=O) groups is 2. The number of thiophene rings is 1. The molecule has 0 aromatic carbocycles. The summed E-state index contributed by atoms with van der Waals surface area (Å²) in [7, 11) is 0. The lowest BCUT2D eigenvalue weighted by molar-refractivity contribution is -0.385. The van der Waals surface area contributed by atoms with Crippen molar-refractivity contribution in [1.82, 2.24) is 4.57 Å². The van der Waals surface area contributed by atoms with Crippen LogP contribution in [0.25, 0.3) is 0 Å². The number of hydrogen-bond acceptors (Lipinski definition) is 6. The Labute approximate surface area is 164 Å². The quantitative estimate of drug-likeness (QED) is 0.580. The Hall–Kier alpha value is -3.01. The van der Waals surface area contributed by atoms with Gasteiger partial charge in [-0.25, -0.2) is 0 Å². The first-order valence-corrected chi connectivity index (χ1v) is 9.58. The molecule has 3 N–H and O–H groups in total. The van der Waals surface area contributed by atoms with Crippen LogP contribution in [0.3, 0.4) is 0 Å². The van der Waals surface area contributed by atoms with E-state index in [1.54, 1.807) is 0 Å². The zero-order valence-corrected chi connectivity index (χ0v) is 16.3. The highest BCUT2D eigenvalue weighted by Crippen LogP contribution is 2.39. The molecule has 2 amide bonds. The number of nitrogens with zero attached hydrogens (tertiary/aromatic N) is 2. The first-order valence-electron chi connectivity index (χ1n) is 8.77. The number of aromatic nitrogens is 1. The Bertz CT molecular complexity index is 1040. The molecule has 3 rings (SSSR count). The minimum absolute atomic E-state index is 0.167. The molecule has 0 spiro atoms. The predicted molar refractivity (Wildman–Crippen MR) is 105 cm³/mol. The van der Waals surface area contributed by atoms with Gasteiger partial charge in [-0.15, -0.1) is 11.3 Å². The van der Waals surface area contributed by atoms with E-state index in [-0.39, 0.29) is 11.3 Å². The number of hydrogen-bond donors (Lipinski definition) is 2. The van der Waals surface area contributed by atoms with Crippen molar-refractivity contribution in [2.24, 2.45) is 11.7 Å². The van der Waals surface area contributed by atoms with Gasteiger partial charge in [0.05, 0.1) is 16.7 Å². The smallest absolute Gasteiger partial charge is 0.286 e. The Morgan fingerprint density at radius 2 is 2.18 bits per heavy atom. The predicted octanol–water partition coefficient (Wildman–Crippen LogP) is 1.99. The number of pyridine rings is 1. The van der Waals surface area contributed by atoms with E-state index in [0.29, 0.717) is 16.5 Å². The third-order valence-electron chi connectivity index (χ3n) is 4.79. The lowest BCUT2D eigenvalue weighted by Gasteiger charge is -2.18. The maximum atomic E-state index is 12.5. The lowest BCUT2D eigenvalue weighted by Crippen LogP contribution is -2.29. The Kier molecular flexibility index (Phi) is 5.32. The molecule has 148 valence electrons. The Morgan fingerprint density at radius 1 is 1.46 bits per heavy atom. The van der Waals surface area contributed by atoms with Crippen molar-refractivity contribution in [2.45, 2.75) is 39.7 Å². The van der Waals surface area contributed by atoms with Gasteiger partial charge in [0.15, 0.2) is 0 Å². The summed E-state index contributed by atoms with van der Waals surface area (Å²) in [5, 5.41) is 14.0. The Morgan fingerprint density at radius 3 is 2.82 bits per heavy atom. The summed E-state index contributed by atoms with van der Waals surface area (Å²) in [6.45, 7) is 3.17. The third kappa shape index (κ3) is 3.81. The number of anilines is 1. The van der Waals surface area contributed by atoms with E-state index in [0.717, 1.165) is 46.5 Å². The second kappa shape index (κ2) is 7.55. The molecule has 2 heterocycles. The largest absolute Gasteiger partial charge is 0.365 e. The van der Waals surface area contributed by atoms with Crippen LogP contribution in [0.5, 0.6) is 0 Å². The average Bonchev–Trinajstić information content (AvgIpc) is 2.95. The first-order chi connectivity index (χ1) is 13.2. The van der Waals surface area contributed by atoms with Gasteiger partial charge in [-0.3, -0.25) is 29.1 Å². The molecular weight excluding hydrogens is 384 g/mol. The van der Waals surface area contributed by atoms with Crippen LogP contribution in [0.1, 0.15) is 39.7 Å². The van der Waals surface area contributed by atoms with E-state index in [4.69, 9.17) is 5.73 Å². The second-order valence-corrected chi connectivity index (χ2v) is 8.14. The molecule has 9 nitrogen and oxygen atoms in total. The minimum atomic E-state index is -0.624. The molecule has 2 aromatic heterocycles. The van der Waals surface area contributed by atoms with Crippen molar-refractivity contribution < 1.29 is 14.5 Å². The van der Waals surface area contributed by atoms with E-state index in [1.807, 2.05) is 0 Å². The number of nitrogens with one attached hydrogen (secondary N) is 1. The fourth-order valence-electron chi connectivity index (χ4n) is 3.40.